The zero-order chi connectivity index (χ0) is 40.9. The summed E-state index contributed by atoms with van der Waals surface area (Å²) in [6, 6.07) is 19.9. The Morgan fingerprint density at radius 2 is 1.76 bits per heavy atom. The lowest BCUT2D eigenvalue weighted by Gasteiger charge is -2.59. The summed E-state index contributed by atoms with van der Waals surface area (Å²) in [5, 5.41) is 35.2. The van der Waals surface area contributed by atoms with Crippen LogP contribution in [0.5, 0.6) is 11.5 Å². The molecule has 1 heterocycles. The number of phenolic OH excluding ortho intramolecular Hbond substituents is 1. The number of benzene rings is 3. The fourth-order valence-electron chi connectivity index (χ4n) is 8.92. The van der Waals surface area contributed by atoms with Crippen molar-refractivity contribution >= 4 is 11.8 Å². The SMILES string of the molecule is C=CCOC12Oc3ccc(O)cc3C3C(CCCCO)C(CCCCO)C=C(C(=NOCC)CC1N(Cc1ccc(F)cc1)C(=O)OCCOCc1ccccc1)C32. The van der Waals surface area contributed by atoms with Crippen LogP contribution in [0.15, 0.2) is 102 Å². The van der Waals surface area contributed by atoms with Crippen molar-refractivity contribution in [3.05, 3.63) is 120 Å². The summed E-state index contributed by atoms with van der Waals surface area (Å²) >= 11 is 0. The number of phenols is 1. The Hall–Kier alpha value is -4.75. The molecule has 2 aliphatic carbocycles. The van der Waals surface area contributed by atoms with Crippen molar-refractivity contribution < 1.29 is 48.3 Å². The van der Waals surface area contributed by atoms with Crippen LogP contribution in [-0.4, -0.2) is 83.5 Å². The lowest BCUT2D eigenvalue weighted by molar-refractivity contribution is -0.256. The number of ether oxygens (including phenoxy) is 4. The molecule has 3 aliphatic rings. The molecule has 0 spiro atoms. The number of carbonyl (C=O) groups is 1. The second kappa shape index (κ2) is 20.8. The molecule has 0 bridgehead atoms. The number of amides is 1. The number of unbranched alkanes of at least 4 members (excludes halogenated alkanes) is 2. The Morgan fingerprint density at radius 3 is 2.48 bits per heavy atom. The number of aliphatic hydroxyl groups is 2. The highest BCUT2D eigenvalue weighted by Gasteiger charge is 2.65. The molecule has 3 aromatic carbocycles. The van der Waals surface area contributed by atoms with E-state index in [-0.39, 0.29) is 69.5 Å². The Balaban J connectivity index is 1.48. The van der Waals surface area contributed by atoms with Crippen LogP contribution in [0.1, 0.15) is 74.5 Å². The standard InChI is InChI=1S/C46H57FN2O9/c1-3-24-56-46-42(49(30-32-16-18-35(47)19-17-32)45(53)55-26-25-54-31-33-12-6-5-7-13-33)29-40(48-57-4-2)38-27-34(14-8-10-22-50)37(15-9-11-23-51)43(44(38)46)39-28-36(52)20-21-41(39)58-46/h3,5-7,12-13,16-21,27-28,34,37,42-44,50-52H,1,4,8-11,14-15,22-26,29-31H2,2H3. The molecule has 0 aromatic heterocycles. The molecule has 6 rings (SSSR count). The van der Waals surface area contributed by atoms with Crippen molar-refractivity contribution in [3.63, 3.8) is 0 Å². The summed E-state index contributed by atoms with van der Waals surface area (Å²) in [6.45, 7) is 6.90. The maximum atomic E-state index is 14.6. The number of carbonyl (C=O) groups excluding carboxylic acids is 1. The number of hydrogen-bond donors (Lipinski definition) is 3. The molecule has 1 fully saturated rings. The van der Waals surface area contributed by atoms with Crippen molar-refractivity contribution in [2.24, 2.45) is 22.9 Å². The molecular weight excluding hydrogens is 744 g/mol. The summed E-state index contributed by atoms with van der Waals surface area (Å²) in [5.41, 5.74) is 3.99. The molecule has 6 atom stereocenters. The van der Waals surface area contributed by atoms with Gasteiger partial charge in [0.2, 0.25) is 5.79 Å². The molecule has 11 nitrogen and oxygen atoms in total. The maximum Gasteiger partial charge on any atom is 0.410 e. The zero-order valence-electron chi connectivity index (χ0n) is 33.3. The average Bonchev–Trinajstić information content (AvgIpc) is 3.23. The Morgan fingerprint density at radius 1 is 1.00 bits per heavy atom. The molecule has 12 heteroatoms. The minimum atomic E-state index is -1.52. The minimum absolute atomic E-state index is 0.00139. The summed E-state index contributed by atoms with van der Waals surface area (Å²) in [6.07, 6.45) is 7.83. The highest BCUT2D eigenvalue weighted by Crippen LogP contribution is 2.62. The van der Waals surface area contributed by atoms with Crippen molar-refractivity contribution in [3.8, 4) is 11.5 Å². The van der Waals surface area contributed by atoms with Gasteiger partial charge in [-0.1, -0.05) is 72.6 Å². The third-order valence-electron chi connectivity index (χ3n) is 11.4. The van der Waals surface area contributed by atoms with E-state index in [0.717, 1.165) is 42.4 Å². The van der Waals surface area contributed by atoms with Gasteiger partial charge in [-0.3, -0.25) is 4.90 Å². The molecule has 3 aromatic rings. The van der Waals surface area contributed by atoms with Crippen LogP contribution < -0.4 is 4.74 Å². The van der Waals surface area contributed by atoms with Gasteiger partial charge in [0.05, 0.1) is 31.5 Å². The van der Waals surface area contributed by atoms with E-state index in [1.165, 1.54) is 12.1 Å². The lowest BCUT2D eigenvalue weighted by Crippen LogP contribution is -2.70. The Bertz CT molecular complexity index is 1860. The first-order valence-electron chi connectivity index (χ1n) is 20.5. The summed E-state index contributed by atoms with van der Waals surface area (Å²) in [7, 11) is 0. The van der Waals surface area contributed by atoms with Gasteiger partial charge in [0.15, 0.2) is 0 Å². The predicted molar refractivity (Wildman–Crippen MR) is 218 cm³/mol. The fourth-order valence-corrected chi connectivity index (χ4v) is 8.92. The normalized spacial score (nSPS) is 23.9. The van der Waals surface area contributed by atoms with Crippen LogP contribution in [0.25, 0.3) is 0 Å². The van der Waals surface area contributed by atoms with Gasteiger partial charge in [-0.05, 0) is 91.5 Å². The second-order valence-corrected chi connectivity index (χ2v) is 15.1. The van der Waals surface area contributed by atoms with Gasteiger partial charge < -0.3 is 39.1 Å². The molecular formula is C46H57FN2O9. The van der Waals surface area contributed by atoms with Gasteiger partial charge in [-0.25, -0.2) is 9.18 Å². The quantitative estimate of drug-likeness (QED) is 0.0555. The van der Waals surface area contributed by atoms with E-state index in [9.17, 15) is 24.5 Å². The van der Waals surface area contributed by atoms with Gasteiger partial charge in [0, 0.05) is 37.7 Å². The topological polar surface area (TPSA) is 140 Å². The van der Waals surface area contributed by atoms with E-state index < -0.39 is 29.7 Å². The highest BCUT2D eigenvalue weighted by molar-refractivity contribution is 6.03. The predicted octanol–water partition coefficient (Wildman–Crippen LogP) is 8.04. The first-order valence-corrected chi connectivity index (χ1v) is 20.5. The average molecular weight is 801 g/mol. The number of oxime groups is 1. The van der Waals surface area contributed by atoms with Crippen molar-refractivity contribution in [1.82, 2.24) is 4.90 Å². The largest absolute Gasteiger partial charge is 0.508 e. The minimum Gasteiger partial charge on any atom is -0.508 e. The van der Waals surface area contributed by atoms with Gasteiger partial charge in [0.25, 0.3) is 0 Å². The molecule has 0 radical (unpaired) electrons. The van der Waals surface area contributed by atoms with Crippen molar-refractivity contribution in [1.29, 1.82) is 0 Å². The number of fused-ring (bicyclic) bond motifs is 2. The highest BCUT2D eigenvalue weighted by atomic mass is 19.1. The number of allylic oxidation sites excluding steroid dienone is 1. The van der Waals surface area contributed by atoms with Crippen LogP contribution in [0, 0.1) is 23.6 Å². The molecule has 3 N–H and O–H groups in total. The molecule has 6 unspecified atom stereocenters. The number of hydrogen-bond acceptors (Lipinski definition) is 10. The molecule has 312 valence electrons. The maximum absolute atomic E-state index is 14.6. The molecule has 1 amide bonds. The van der Waals surface area contributed by atoms with E-state index in [1.807, 2.05) is 37.3 Å². The van der Waals surface area contributed by atoms with Crippen LogP contribution in [0.4, 0.5) is 9.18 Å². The van der Waals surface area contributed by atoms with Gasteiger partial charge >= 0.3 is 6.09 Å². The summed E-state index contributed by atoms with van der Waals surface area (Å²) in [4.78, 5) is 22.0. The fraction of sp³-hybridized carbons (Fsp3) is 0.478. The summed E-state index contributed by atoms with van der Waals surface area (Å²) < 4.78 is 40.1. The van der Waals surface area contributed by atoms with Gasteiger partial charge in [0.1, 0.15) is 36.6 Å². The lowest BCUT2D eigenvalue weighted by atomic mass is 9.55. The molecule has 1 aliphatic heterocycles. The Labute approximate surface area is 340 Å². The summed E-state index contributed by atoms with van der Waals surface area (Å²) in [5.74, 6) is -2.10. The number of rotatable bonds is 21. The van der Waals surface area contributed by atoms with E-state index >= 15 is 0 Å². The van der Waals surface area contributed by atoms with Crippen LogP contribution in [0.3, 0.4) is 0 Å². The van der Waals surface area contributed by atoms with Crippen LogP contribution in [0.2, 0.25) is 0 Å². The Kier molecular flexibility index (Phi) is 15.4. The molecule has 1 saturated carbocycles. The molecule has 0 saturated heterocycles. The van der Waals surface area contributed by atoms with E-state index in [2.05, 4.69) is 12.7 Å². The molecule has 58 heavy (non-hydrogen) atoms. The third kappa shape index (κ3) is 9.91. The zero-order valence-corrected chi connectivity index (χ0v) is 33.3. The third-order valence-corrected chi connectivity index (χ3v) is 11.4. The van der Waals surface area contributed by atoms with E-state index in [4.69, 9.17) is 28.9 Å². The van der Waals surface area contributed by atoms with E-state index in [0.29, 0.717) is 43.1 Å². The smallest absolute Gasteiger partial charge is 0.410 e. The van der Waals surface area contributed by atoms with Gasteiger partial charge in [-0.15, -0.1) is 6.58 Å². The second-order valence-electron chi connectivity index (χ2n) is 15.1. The van der Waals surface area contributed by atoms with E-state index in [1.54, 1.807) is 41.3 Å². The number of halogens is 1. The first-order chi connectivity index (χ1) is 28.3. The monoisotopic (exact) mass is 800 g/mol. The number of aliphatic hydroxyl groups excluding tert-OH is 2. The van der Waals surface area contributed by atoms with Crippen molar-refractivity contribution in [2.45, 2.75) is 82.8 Å². The van der Waals surface area contributed by atoms with Crippen LogP contribution >= 0.6 is 0 Å². The number of aromatic hydroxyl groups is 1. The van der Waals surface area contributed by atoms with Crippen LogP contribution in [-0.2, 0) is 32.2 Å². The van der Waals surface area contributed by atoms with Gasteiger partial charge in [-0.2, -0.15) is 0 Å². The first kappa shape index (κ1) is 42.8. The van der Waals surface area contributed by atoms with Crippen molar-refractivity contribution in [2.75, 3.05) is 39.6 Å². The number of nitrogens with zero attached hydrogens (tertiary/aromatic N) is 2.